The van der Waals surface area contributed by atoms with Gasteiger partial charge in [0.05, 0.1) is 12.2 Å². The van der Waals surface area contributed by atoms with Gasteiger partial charge in [-0.1, -0.05) is 0 Å². The van der Waals surface area contributed by atoms with E-state index in [0.29, 0.717) is 18.2 Å². The molecule has 0 radical (unpaired) electrons. The lowest BCUT2D eigenvalue weighted by Gasteiger charge is -2.42. The summed E-state index contributed by atoms with van der Waals surface area (Å²) in [5, 5.41) is 12.6. The predicted octanol–water partition coefficient (Wildman–Crippen LogP) is 0.667. The van der Waals surface area contributed by atoms with E-state index in [0.717, 1.165) is 32.3 Å². The van der Waals surface area contributed by atoms with E-state index in [-0.39, 0.29) is 6.10 Å². The molecule has 0 amide bonds. The van der Waals surface area contributed by atoms with E-state index in [1.54, 1.807) is 0 Å². The Bertz CT molecular complexity index is 162. The van der Waals surface area contributed by atoms with Crippen LogP contribution in [0.3, 0.4) is 0 Å². The Morgan fingerprint density at radius 1 is 1.23 bits per heavy atom. The fourth-order valence-corrected chi connectivity index (χ4v) is 2.13. The maximum absolute atomic E-state index is 9.09. The fourth-order valence-electron chi connectivity index (χ4n) is 2.13. The van der Waals surface area contributed by atoms with Crippen LogP contribution < -0.4 is 5.32 Å². The molecule has 0 aromatic rings. The van der Waals surface area contributed by atoms with Crippen LogP contribution >= 0.6 is 0 Å². The SMILES string of the molecule is CCOC1CC(NC2CC(O)C2)C1. The maximum atomic E-state index is 9.09. The molecule has 0 saturated heterocycles. The van der Waals surface area contributed by atoms with Gasteiger partial charge >= 0.3 is 0 Å². The Balaban J connectivity index is 1.54. The molecule has 2 aliphatic rings. The third-order valence-electron chi connectivity index (χ3n) is 3.08. The largest absolute Gasteiger partial charge is 0.393 e. The molecule has 76 valence electrons. The highest BCUT2D eigenvalue weighted by Gasteiger charge is 2.34. The molecule has 0 aromatic heterocycles. The van der Waals surface area contributed by atoms with E-state index in [4.69, 9.17) is 9.84 Å². The third-order valence-corrected chi connectivity index (χ3v) is 3.08. The third kappa shape index (κ3) is 2.22. The lowest BCUT2D eigenvalue weighted by molar-refractivity contribution is -0.0230. The molecule has 0 bridgehead atoms. The number of aliphatic hydroxyl groups is 1. The van der Waals surface area contributed by atoms with Crippen LogP contribution in [0.15, 0.2) is 0 Å². The Kier molecular flexibility index (Phi) is 2.86. The zero-order valence-electron chi connectivity index (χ0n) is 8.20. The molecule has 0 heterocycles. The minimum absolute atomic E-state index is 0.0414. The van der Waals surface area contributed by atoms with Crippen LogP contribution in [-0.4, -0.2) is 36.0 Å². The van der Waals surface area contributed by atoms with E-state index in [1.807, 2.05) is 6.92 Å². The number of ether oxygens (including phenoxy) is 1. The fraction of sp³-hybridized carbons (Fsp3) is 1.00. The lowest BCUT2D eigenvalue weighted by Crippen LogP contribution is -2.54. The van der Waals surface area contributed by atoms with Crippen LogP contribution in [0.4, 0.5) is 0 Å². The second-order valence-electron chi connectivity index (χ2n) is 4.23. The van der Waals surface area contributed by atoms with E-state index in [9.17, 15) is 0 Å². The summed E-state index contributed by atoms with van der Waals surface area (Å²) >= 11 is 0. The first-order valence-electron chi connectivity index (χ1n) is 5.33. The van der Waals surface area contributed by atoms with Crippen LogP contribution in [0.2, 0.25) is 0 Å². The molecular formula is C10H19NO2. The van der Waals surface area contributed by atoms with E-state index in [2.05, 4.69) is 5.32 Å². The second-order valence-corrected chi connectivity index (χ2v) is 4.23. The van der Waals surface area contributed by atoms with Crippen molar-refractivity contribution in [3.63, 3.8) is 0 Å². The Morgan fingerprint density at radius 3 is 2.38 bits per heavy atom. The summed E-state index contributed by atoms with van der Waals surface area (Å²) in [6.45, 7) is 2.88. The molecule has 0 atom stereocenters. The van der Waals surface area contributed by atoms with E-state index in [1.165, 1.54) is 0 Å². The van der Waals surface area contributed by atoms with Crippen LogP contribution in [0.1, 0.15) is 32.6 Å². The molecule has 2 rings (SSSR count). The molecular weight excluding hydrogens is 166 g/mol. The molecule has 2 N–H and O–H groups in total. The van der Waals surface area contributed by atoms with Crippen molar-refractivity contribution in [1.29, 1.82) is 0 Å². The molecule has 13 heavy (non-hydrogen) atoms. The maximum Gasteiger partial charge on any atom is 0.0604 e. The van der Waals surface area contributed by atoms with Gasteiger partial charge in [-0.3, -0.25) is 0 Å². The first kappa shape index (κ1) is 9.44. The van der Waals surface area contributed by atoms with Gasteiger partial charge in [-0.15, -0.1) is 0 Å². The summed E-state index contributed by atoms with van der Waals surface area (Å²) in [4.78, 5) is 0. The minimum atomic E-state index is -0.0414. The summed E-state index contributed by atoms with van der Waals surface area (Å²) in [7, 11) is 0. The van der Waals surface area contributed by atoms with Gasteiger partial charge in [0.25, 0.3) is 0 Å². The molecule has 3 nitrogen and oxygen atoms in total. The first-order chi connectivity index (χ1) is 6.28. The monoisotopic (exact) mass is 185 g/mol. The number of aliphatic hydroxyl groups excluding tert-OH is 1. The standard InChI is InChI=1S/C10H19NO2/c1-2-13-10-5-8(6-10)11-7-3-9(12)4-7/h7-12H,2-6H2,1H3. The van der Waals surface area contributed by atoms with Crippen LogP contribution in [-0.2, 0) is 4.74 Å². The van der Waals surface area contributed by atoms with Gasteiger partial charge in [0.15, 0.2) is 0 Å². The van der Waals surface area contributed by atoms with Gasteiger partial charge in [0.2, 0.25) is 0 Å². The van der Waals surface area contributed by atoms with Crippen molar-refractivity contribution in [3.8, 4) is 0 Å². The van der Waals surface area contributed by atoms with Gasteiger partial charge < -0.3 is 15.2 Å². The molecule has 0 spiro atoms. The van der Waals surface area contributed by atoms with Gasteiger partial charge in [0, 0.05) is 18.7 Å². The number of nitrogens with one attached hydrogen (secondary N) is 1. The molecule has 0 aromatic carbocycles. The summed E-state index contributed by atoms with van der Waals surface area (Å²) in [5.41, 5.74) is 0. The van der Waals surface area contributed by atoms with Gasteiger partial charge in [-0.2, -0.15) is 0 Å². The molecule has 0 unspecified atom stereocenters. The number of hydrogen-bond acceptors (Lipinski definition) is 3. The average molecular weight is 185 g/mol. The van der Waals surface area contributed by atoms with Crippen molar-refractivity contribution in [2.45, 2.75) is 56.9 Å². The highest BCUT2D eigenvalue weighted by atomic mass is 16.5. The topological polar surface area (TPSA) is 41.5 Å². The molecule has 2 fully saturated rings. The number of hydrogen-bond donors (Lipinski definition) is 2. The number of rotatable bonds is 4. The zero-order valence-corrected chi connectivity index (χ0v) is 8.20. The molecule has 2 saturated carbocycles. The zero-order chi connectivity index (χ0) is 9.26. The van der Waals surface area contributed by atoms with Crippen LogP contribution in [0, 0.1) is 0 Å². The van der Waals surface area contributed by atoms with Crippen molar-refractivity contribution in [2.24, 2.45) is 0 Å². The summed E-state index contributed by atoms with van der Waals surface area (Å²) < 4.78 is 5.47. The van der Waals surface area contributed by atoms with Crippen molar-refractivity contribution >= 4 is 0 Å². The summed E-state index contributed by atoms with van der Waals surface area (Å²) in [5.74, 6) is 0. The van der Waals surface area contributed by atoms with Crippen molar-refractivity contribution in [2.75, 3.05) is 6.61 Å². The molecule has 0 aliphatic heterocycles. The van der Waals surface area contributed by atoms with Gasteiger partial charge in [-0.25, -0.2) is 0 Å². The second kappa shape index (κ2) is 3.95. The molecule has 2 aliphatic carbocycles. The van der Waals surface area contributed by atoms with Gasteiger partial charge in [0.1, 0.15) is 0 Å². The normalized spacial score (nSPS) is 43.8. The quantitative estimate of drug-likeness (QED) is 0.676. The van der Waals surface area contributed by atoms with E-state index >= 15 is 0 Å². The highest BCUT2D eigenvalue weighted by molar-refractivity contribution is 4.93. The van der Waals surface area contributed by atoms with Crippen LogP contribution in [0.5, 0.6) is 0 Å². The summed E-state index contributed by atoms with van der Waals surface area (Å²) in [6, 6.07) is 1.22. The van der Waals surface area contributed by atoms with Crippen molar-refractivity contribution in [1.82, 2.24) is 5.32 Å². The Labute approximate surface area is 79.5 Å². The highest BCUT2D eigenvalue weighted by Crippen LogP contribution is 2.27. The van der Waals surface area contributed by atoms with Crippen LogP contribution in [0.25, 0.3) is 0 Å². The smallest absolute Gasteiger partial charge is 0.0604 e. The Hall–Kier alpha value is -0.120. The first-order valence-corrected chi connectivity index (χ1v) is 5.33. The van der Waals surface area contributed by atoms with Crippen molar-refractivity contribution < 1.29 is 9.84 Å². The average Bonchev–Trinajstić information content (AvgIpc) is 1.97. The Morgan fingerprint density at radius 2 is 1.85 bits per heavy atom. The predicted molar refractivity (Wildman–Crippen MR) is 50.6 cm³/mol. The van der Waals surface area contributed by atoms with E-state index < -0.39 is 0 Å². The lowest BCUT2D eigenvalue weighted by atomic mass is 9.84. The summed E-state index contributed by atoms with van der Waals surface area (Å²) in [6.07, 6.45) is 4.64. The molecule has 3 heteroatoms. The van der Waals surface area contributed by atoms with Crippen molar-refractivity contribution in [3.05, 3.63) is 0 Å². The van der Waals surface area contributed by atoms with Gasteiger partial charge in [-0.05, 0) is 32.6 Å². The minimum Gasteiger partial charge on any atom is -0.393 e.